The van der Waals surface area contributed by atoms with Crippen molar-refractivity contribution in [2.24, 2.45) is 11.3 Å². The number of nitrogens with one attached hydrogen (secondary N) is 1. The molecule has 35 heavy (non-hydrogen) atoms. The van der Waals surface area contributed by atoms with E-state index in [1.807, 2.05) is 45.9 Å². The first-order valence-electron chi connectivity index (χ1n) is 11.8. The minimum Gasteiger partial charge on any atom is -0.491 e. The van der Waals surface area contributed by atoms with Crippen LogP contribution in [0.5, 0.6) is 5.75 Å². The first-order chi connectivity index (χ1) is 16.4. The molecule has 0 bridgehead atoms. The monoisotopic (exact) mass is 484 g/mol. The van der Waals surface area contributed by atoms with E-state index in [2.05, 4.69) is 28.9 Å². The van der Waals surface area contributed by atoms with Crippen LogP contribution in [0, 0.1) is 18.3 Å². The predicted octanol–water partition coefficient (Wildman–Crippen LogP) is 5.29. The lowest BCUT2D eigenvalue weighted by Crippen LogP contribution is -2.62. The smallest absolute Gasteiger partial charge is 0.412 e. The van der Waals surface area contributed by atoms with Gasteiger partial charge < -0.3 is 19.1 Å². The topological polar surface area (TPSA) is 103 Å². The maximum atomic E-state index is 12.4. The van der Waals surface area contributed by atoms with Gasteiger partial charge in [-0.2, -0.15) is 0 Å². The number of likely N-dealkylation sites (tertiary alicyclic amines) is 1. The van der Waals surface area contributed by atoms with Crippen LogP contribution in [0.1, 0.15) is 46.7 Å². The molecule has 0 aromatic carbocycles. The summed E-state index contributed by atoms with van der Waals surface area (Å²) in [5.41, 5.74) is 1.67. The zero-order chi connectivity index (χ0) is 25.8. The lowest BCUT2D eigenvalue weighted by molar-refractivity contribution is -0.0601. The number of hydrogen-bond acceptors (Lipinski definition) is 7. The fraction of sp³-hybridized carbons (Fsp3) is 0.538. The largest absolute Gasteiger partial charge is 0.491 e. The van der Waals surface area contributed by atoms with E-state index in [0.29, 0.717) is 37.2 Å². The molecule has 0 atom stereocenters. The Bertz CT molecular complexity index is 1060. The van der Waals surface area contributed by atoms with Gasteiger partial charge in [0.25, 0.3) is 0 Å². The molecule has 9 nitrogen and oxygen atoms in total. The zero-order valence-electron chi connectivity index (χ0n) is 21.7. The molecule has 1 N–H and O–H groups in total. The summed E-state index contributed by atoms with van der Waals surface area (Å²) in [4.78, 5) is 34.5. The number of hydrogen-bond donors (Lipinski definition) is 1. The van der Waals surface area contributed by atoms with Crippen LogP contribution in [0.3, 0.4) is 0 Å². The van der Waals surface area contributed by atoms with Crippen LogP contribution in [0.4, 0.5) is 15.4 Å². The summed E-state index contributed by atoms with van der Waals surface area (Å²) in [5, 5.41) is 2.56. The maximum absolute atomic E-state index is 12.4. The number of nitrogens with zero attached hydrogens (tertiary/aromatic N) is 3. The Hall–Kier alpha value is -3.36. The summed E-state index contributed by atoms with van der Waals surface area (Å²) < 4.78 is 16.4. The fourth-order valence-electron chi connectivity index (χ4n) is 4.27. The third-order valence-corrected chi connectivity index (χ3v) is 5.59. The number of aromatic nitrogens is 2. The Kier molecular flexibility index (Phi) is 7.87. The molecule has 0 aliphatic carbocycles. The van der Waals surface area contributed by atoms with Crippen molar-refractivity contribution < 1.29 is 23.8 Å². The summed E-state index contributed by atoms with van der Waals surface area (Å²) in [6.45, 7) is 13.6. The second-order valence-corrected chi connectivity index (χ2v) is 10.5. The summed E-state index contributed by atoms with van der Waals surface area (Å²) in [6.07, 6.45) is 1.69. The summed E-state index contributed by atoms with van der Waals surface area (Å²) in [5.74, 6) is 1.55. The number of methoxy groups -OCH3 is 1. The second kappa shape index (κ2) is 10.5. The predicted molar refractivity (Wildman–Crippen MR) is 133 cm³/mol. The molecular weight excluding hydrogens is 448 g/mol. The van der Waals surface area contributed by atoms with Gasteiger partial charge in [-0.15, -0.1) is 0 Å². The molecule has 2 aromatic heterocycles. The molecular formula is C26H36N4O5. The van der Waals surface area contributed by atoms with Gasteiger partial charge in [0.15, 0.2) is 0 Å². The molecule has 9 heteroatoms. The third-order valence-electron chi connectivity index (χ3n) is 5.59. The van der Waals surface area contributed by atoms with E-state index >= 15 is 0 Å². The molecule has 0 spiro atoms. The molecule has 2 aromatic rings. The Morgan fingerprint density at radius 3 is 2.51 bits per heavy atom. The first kappa shape index (κ1) is 26.2. The van der Waals surface area contributed by atoms with Crippen molar-refractivity contribution in [3.8, 4) is 17.0 Å². The van der Waals surface area contributed by atoms with Crippen LogP contribution in [-0.2, 0) is 9.47 Å². The van der Waals surface area contributed by atoms with Crippen molar-refractivity contribution in [2.45, 2.75) is 53.6 Å². The number of anilines is 1. The lowest BCUT2D eigenvalue weighted by Gasteiger charge is -2.50. The zero-order valence-corrected chi connectivity index (χ0v) is 21.7. The number of aryl methyl sites for hydroxylation is 1. The van der Waals surface area contributed by atoms with E-state index in [1.165, 1.54) is 7.11 Å². The van der Waals surface area contributed by atoms with Crippen molar-refractivity contribution >= 4 is 18.0 Å². The van der Waals surface area contributed by atoms with Gasteiger partial charge >= 0.3 is 12.2 Å². The number of rotatable bonds is 7. The van der Waals surface area contributed by atoms with Crippen LogP contribution in [0.15, 0.2) is 30.5 Å². The molecule has 1 fully saturated rings. The van der Waals surface area contributed by atoms with E-state index < -0.39 is 11.7 Å². The van der Waals surface area contributed by atoms with Gasteiger partial charge in [-0.1, -0.05) is 13.8 Å². The Labute approximate surface area is 207 Å². The highest BCUT2D eigenvalue weighted by molar-refractivity contribution is 5.84. The molecule has 1 aliphatic rings. The number of ether oxygens (including phenoxy) is 3. The van der Waals surface area contributed by atoms with Crippen LogP contribution in [0.2, 0.25) is 0 Å². The molecule has 3 heterocycles. The summed E-state index contributed by atoms with van der Waals surface area (Å²) >= 11 is 0. The minimum absolute atomic E-state index is 0.115. The van der Waals surface area contributed by atoms with E-state index in [4.69, 9.17) is 14.5 Å². The van der Waals surface area contributed by atoms with Gasteiger partial charge in [-0.3, -0.25) is 5.32 Å². The van der Waals surface area contributed by atoms with Gasteiger partial charge in [-0.25, -0.2) is 19.6 Å². The quantitative estimate of drug-likeness (QED) is 0.569. The third kappa shape index (κ3) is 7.07. The van der Waals surface area contributed by atoms with Crippen molar-refractivity contribution in [1.29, 1.82) is 0 Å². The molecule has 0 radical (unpaired) electrons. The van der Waals surface area contributed by atoms with Crippen LogP contribution >= 0.6 is 0 Å². The fourth-order valence-corrected chi connectivity index (χ4v) is 4.27. The number of amides is 2. The average molecular weight is 485 g/mol. The van der Waals surface area contributed by atoms with Gasteiger partial charge in [0.1, 0.15) is 17.2 Å². The van der Waals surface area contributed by atoms with Crippen LogP contribution in [0.25, 0.3) is 11.3 Å². The minimum atomic E-state index is -0.584. The molecule has 1 saturated heterocycles. The maximum Gasteiger partial charge on any atom is 0.412 e. The highest BCUT2D eigenvalue weighted by Crippen LogP contribution is 2.38. The SMILES string of the molecule is COC(=O)Nc1cc(-c2ccc(OCC3(CC(C)C)CN(C(=O)OC(C)(C)C)C3)c(C)n2)ccn1. The van der Waals surface area contributed by atoms with E-state index in [1.54, 1.807) is 17.2 Å². The lowest BCUT2D eigenvalue weighted by atomic mass is 9.74. The molecule has 2 amide bonds. The summed E-state index contributed by atoms with van der Waals surface area (Å²) in [6, 6.07) is 7.33. The Balaban J connectivity index is 1.67. The van der Waals surface area contributed by atoms with Gasteiger partial charge in [-0.05, 0) is 64.3 Å². The number of pyridine rings is 2. The Morgan fingerprint density at radius 2 is 1.91 bits per heavy atom. The van der Waals surface area contributed by atoms with Gasteiger partial charge in [0, 0.05) is 30.3 Å². The molecule has 1 aliphatic heterocycles. The van der Waals surface area contributed by atoms with E-state index in [-0.39, 0.29) is 11.5 Å². The molecule has 0 saturated carbocycles. The van der Waals surface area contributed by atoms with E-state index in [9.17, 15) is 9.59 Å². The normalized spacial score (nSPS) is 14.8. The first-order valence-corrected chi connectivity index (χ1v) is 11.8. The highest BCUT2D eigenvalue weighted by Gasteiger charge is 2.47. The number of carbonyl (C=O) groups is 2. The van der Waals surface area contributed by atoms with Crippen LogP contribution in [-0.4, -0.2) is 59.5 Å². The van der Waals surface area contributed by atoms with Crippen molar-refractivity contribution in [2.75, 3.05) is 32.1 Å². The molecule has 190 valence electrons. The molecule has 0 unspecified atom stereocenters. The molecule has 3 rings (SSSR count). The highest BCUT2D eigenvalue weighted by atomic mass is 16.6. The van der Waals surface area contributed by atoms with Gasteiger partial charge in [0.05, 0.1) is 25.1 Å². The standard InChI is InChI=1S/C26H36N4O5/c1-17(2)13-26(14-30(15-26)24(32)35-25(4,5)6)16-34-21-9-8-20(28-18(21)3)19-10-11-27-22(12-19)29-23(31)33-7/h8-12,17H,13-16H2,1-7H3,(H,27,29,31). The van der Waals surface area contributed by atoms with Gasteiger partial charge in [0.2, 0.25) is 0 Å². The van der Waals surface area contributed by atoms with Crippen molar-refractivity contribution in [3.05, 3.63) is 36.2 Å². The van der Waals surface area contributed by atoms with E-state index in [0.717, 1.165) is 23.4 Å². The number of carbonyl (C=O) groups excluding carboxylic acids is 2. The average Bonchev–Trinajstić information content (AvgIpc) is 2.74. The second-order valence-electron chi connectivity index (χ2n) is 10.5. The van der Waals surface area contributed by atoms with Crippen LogP contribution < -0.4 is 10.1 Å². The van der Waals surface area contributed by atoms with Crippen molar-refractivity contribution in [3.63, 3.8) is 0 Å². The van der Waals surface area contributed by atoms with Crippen molar-refractivity contribution in [1.82, 2.24) is 14.9 Å². The summed E-state index contributed by atoms with van der Waals surface area (Å²) in [7, 11) is 1.30. The Morgan fingerprint density at radius 1 is 1.20 bits per heavy atom.